The second-order valence-electron chi connectivity index (χ2n) is 7.41. The van der Waals surface area contributed by atoms with E-state index in [9.17, 15) is 8.42 Å². The average Bonchev–Trinajstić information content (AvgIpc) is 3.06. The van der Waals surface area contributed by atoms with Crippen molar-refractivity contribution in [2.75, 3.05) is 43.3 Å². The number of hydrogen-bond acceptors (Lipinski definition) is 9. The molecule has 0 aliphatic carbocycles. The molecule has 0 aromatic carbocycles. The van der Waals surface area contributed by atoms with Crippen molar-refractivity contribution in [1.29, 1.82) is 0 Å². The van der Waals surface area contributed by atoms with Gasteiger partial charge in [-0.1, -0.05) is 0 Å². The Morgan fingerprint density at radius 1 is 1.24 bits per heavy atom. The van der Waals surface area contributed by atoms with Gasteiger partial charge in [-0.3, -0.25) is 0 Å². The maximum Gasteiger partial charge on any atom is 0.215 e. The number of ether oxygens (including phenoxy) is 2. The Kier molecular flexibility index (Phi) is 5.30. The minimum absolute atomic E-state index is 0.122. The number of aromatic nitrogens is 3. The number of hydrogen-bond donors (Lipinski definition) is 1. The van der Waals surface area contributed by atoms with Gasteiger partial charge in [-0.05, 0) is 25.8 Å². The molecule has 4 heterocycles. The van der Waals surface area contributed by atoms with Crippen LogP contribution < -0.4 is 15.4 Å². The Morgan fingerprint density at radius 3 is 2.76 bits per heavy atom. The smallest absolute Gasteiger partial charge is 0.215 e. The summed E-state index contributed by atoms with van der Waals surface area (Å²) in [5.74, 6) is 1.92. The third kappa shape index (κ3) is 3.99. The summed E-state index contributed by atoms with van der Waals surface area (Å²) >= 11 is 0. The maximum atomic E-state index is 12.6. The molecule has 9 nitrogen and oxygen atoms in total. The lowest BCUT2D eigenvalue weighted by atomic mass is 10.1. The summed E-state index contributed by atoms with van der Waals surface area (Å²) in [6.07, 6.45) is 1.21. The van der Waals surface area contributed by atoms with Crippen molar-refractivity contribution < 1.29 is 17.9 Å². The van der Waals surface area contributed by atoms with E-state index in [1.807, 2.05) is 0 Å². The number of morpholine rings is 1. The zero-order valence-corrected chi connectivity index (χ0v) is 17.4. The number of pyridine rings is 1. The quantitative estimate of drug-likeness (QED) is 0.787. The fraction of sp³-hybridized carbons (Fsp3) is 0.526. The van der Waals surface area contributed by atoms with Gasteiger partial charge in [-0.15, -0.1) is 0 Å². The molecule has 0 radical (unpaired) electrons. The van der Waals surface area contributed by atoms with Gasteiger partial charge in [-0.2, -0.15) is 4.98 Å². The molecular formula is C19H25N5O4S. The standard InChI is InChI=1S/C19H25N5O4S/c1-12-11-28-6-5-24(12)17-10-14(15-4-3-7-29(15,25)26)21-19(23-17)13-8-16(20)22-18(9-13)27-2/h8-10,12,15H,3-7,11H2,1-2H3,(H2,20,22)/t12-,15?/m1/s1. The predicted molar refractivity (Wildman–Crippen MR) is 110 cm³/mol. The molecule has 4 rings (SSSR count). The van der Waals surface area contributed by atoms with Crippen LogP contribution >= 0.6 is 0 Å². The second-order valence-corrected chi connectivity index (χ2v) is 9.72. The first-order valence-electron chi connectivity index (χ1n) is 9.64. The monoisotopic (exact) mass is 419 g/mol. The molecule has 2 aliphatic heterocycles. The number of nitrogens with two attached hydrogens (primary N) is 1. The zero-order valence-electron chi connectivity index (χ0n) is 16.5. The number of nitrogens with zero attached hydrogens (tertiary/aromatic N) is 4. The zero-order chi connectivity index (χ0) is 20.6. The molecule has 2 aliphatic rings. The van der Waals surface area contributed by atoms with Crippen LogP contribution in [0.2, 0.25) is 0 Å². The average molecular weight is 420 g/mol. The third-order valence-corrected chi connectivity index (χ3v) is 7.54. The first-order valence-corrected chi connectivity index (χ1v) is 11.4. The summed E-state index contributed by atoms with van der Waals surface area (Å²) in [6.45, 7) is 3.92. The fourth-order valence-electron chi connectivity index (χ4n) is 3.84. The molecule has 2 N–H and O–H groups in total. The van der Waals surface area contributed by atoms with Gasteiger partial charge in [-0.25, -0.2) is 18.4 Å². The predicted octanol–water partition coefficient (Wildman–Crippen LogP) is 1.60. The summed E-state index contributed by atoms with van der Waals surface area (Å²) < 4.78 is 35.9. The van der Waals surface area contributed by atoms with Gasteiger partial charge in [0.15, 0.2) is 15.7 Å². The van der Waals surface area contributed by atoms with Gasteiger partial charge in [0.1, 0.15) is 16.9 Å². The molecule has 0 amide bonds. The van der Waals surface area contributed by atoms with Crippen LogP contribution in [-0.4, -0.2) is 62.0 Å². The van der Waals surface area contributed by atoms with E-state index in [1.54, 1.807) is 18.2 Å². The highest BCUT2D eigenvalue weighted by Crippen LogP contribution is 2.36. The van der Waals surface area contributed by atoms with E-state index >= 15 is 0 Å². The van der Waals surface area contributed by atoms with Gasteiger partial charge < -0.3 is 20.1 Å². The van der Waals surface area contributed by atoms with Gasteiger partial charge in [0, 0.05) is 24.2 Å². The van der Waals surface area contributed by atoms with Gasteiger partial charge in [0.05, 0.1) is 37.8 Å². The fourth-order valence-corrected chi connectivity index (χ4v) is 5.71. The number of rotatable bonds is 4. The Bertz CT molecular complexity index is 1010. The SMILES string of the molecule is COc1cc(-c2nc(C3CCCS3(=O)=O)cc(N3CCOC[C@H]3C)n2)cc(N)n1. The molecule has 156 valence electrons. The van der Waals surface area contributed by atoms with Crippen LogP contribution in [0.15, 0.2) is 18.2 Å². The van der Waals surface area contributed by atoms with Crippen molar-refractivity contribution in [3.63, 3.8) is 0 Å². The molecule has 2 saturated heterocycles. The van der Waals surface area contributed by atoms with Crippen molar-refractivity contribution >= 4 is 21.5 Å². The number of anilines is 2. The molecule has 2 fully saturated rings. The topological polar surface area (TPSA) is 121 Å². The minimum Gasteiger partial charge on any atom is -0.481 e. The molecule has 29 heavy (non-hydrogen) atoms. The van der Waals surface area contributed by atoms with Gasteiger partial charge in [0.25, 0.3) is 0 Å². The third-order valence-electron chi connectivity index (χ3n) is 5.34. The molecule has 2 aromatic rings. The van der Waals surface area contributed by atoms with E-state index in [4.69, 9.17) is 20.2 Å². The minimum atomic E-state index is -3.22. The molecule has 10 heteroatoms. The van der Waals surface area contributed by atoms with Crippen LogP contribution in [-0.2, 0) is 14.6 Å². The van der Waals surface area contributed by atoms with Crippen LogP contribution in [0, 0.1) is 0 Å². The first kappa shape index (κ1) is 19.8. The maximum absolute atomic E-state index is 12.6. The summed E-state index contributed by atoms with van der Waals surface area (Å²) in [7, 11) is -1.71. The summed E-state index contributed by atoms with van der Waals surface area (Å²) in [6, 6.07) is 5.29. The Hall–Kier alpha value is -2.46. The molecule has 0 bridgehead atoms. The van der Waals surface area contributed by atoms with E-state index in [2.05, 4.69) is 21.8 Å². The van der Waals surface area contributed by atoms with Crippen LogP contribution in [0.25, 0.3) is 11.4 Å². The molecule has 2 aromatic heterocycles. The molecule has 0 saturated carbocycles. The van der Waals surface area contributed by atoms with Crippen molar-refractivity contribution in [1.82, 2.24) is 15.0 Å². The summed E-state index contributed by atoms with van der Waals surface area (Å²) in [5.41, 5.74) is 7.07. The lowest BCUT2D eigenvalue weighted by molar-refractivity contribution is 0.0985. The van der Waals surface area contributed by atoms with Crippen LogP contribution in [0.4, 0.5) is 11.6 Å². The molecule has 0 spiro atoms. The van der Waals surface area contributed by atoms with Crippen molar-refractivity contribution in [3.8, 4) is 17.3 Å². The highest BCUT2D eigenvalue weighted by molar-refractivity contribution is 7.91. The number of nitrogen functional groups attached to an aromatic ring is 1. The van der Waals surface area contributed by atoms with E-state index in [-0.39, 0.29) is 17.6 Å². The Balaban J connectivity index is 1.85. The Labute approximate surface area is 170 Å². The Morgan fingerprint density at radius 2 is 2.07 bits per heavy atom. The van der Waals surface area contributed by atoms with Crippen LogP contribution in [0.5, 0.6) is 5.88 Å². The van der Waals surface area contributed by atoms with Gasteiger partial charge >= 0.3 is 0 Å². The first-order chi connectivity index (χ1) is 13.9. The van der Waals surface area contributed by atoms with Crippen LogP contribution in [0.3, 0.4) is 0 Å². The molecule has 1 unspecified atom stereocenters. The van der Waals surface area contributed by atoms with Gasteiger partial charge in [0.2, 0.25) is 5.88 Å². The van der Waals surface area contributed by atoms with E-state index in [1.165, 1.54) is 7.11 Å². The van der Waals surface area contributed by atoms with Crippen molar-refractivity contribution in [2.45, 2.75) is 31.1 Å². The van der Waals surface area contributed by atoms with E-state index in [0.29, 0.717) is 61.4 Å². The molecule has 2 atom stereocenters. The second kappa shape index (κ2) is 7.75. The van der Waals surface area contributed by atoms with Crippen molar-refractivity contribution in [3.05, 3.63) is 23.9 Å². The largest absolute Gasteiger partial charge is 0.481 e. The van der Waals surface area contributed by atoms with E-state index in [0.717, 1.165) is 0 Å². The molecular weight excluding hydrogens is 394 g/mol. The number of methoxy groups -OCH3 is 1. The van der Waals surface area contributed by atoms with E-state index < -0.39 is 15.1 Å². The summed E-state index contributed by atoms with van der Waals surface area (Å²) in [4.78, 5) is 15.6. The van der Waals surface area contributed by atoms with Crippen LogP contribution in [0.1, 0.15) is 30.7 Å². The van der Waals surface area contributed by atoms with Crippen molar-refractivity contribution in [2.24, 2.45) is 0 Å². The lowest BCUT2D eigenvalue weighted by Crippen LogP contribution is -2.44. The normalized spacial score (nSPS) is 23.9. The highest BCUT2D eigenvalue weighted by Gasteiger charge is 2.35. The summed E-state index contributed by atoms with van der Waals surface area (Å²) in [5, 5.41) is -0.611. The highest BCUT2D eigenvalue weighted by atomic mass is 32.2. The lowest BCUT2D eigenvalue weighted by Gasteiger charge is -2.34. The number of sulfone groups is 1.